The van der Waals surface area contributed by atoms with E-state index in [4.69, 9.17) is 9.47 Å². The fourth-order valence-corrected chi connectivity index (χ4v) is 3.14. The van der Waals surface area contributed by atoms with Crippen molar-refractivity contribution in [2.24, 2.45) is 0 Å². The molecule has 162 valence electrons. The van der Waals surface area contributed by atoms with E-state index in [0.29, 0.717) is 24.0 Å². The van der Waals surface area contributed by atoms with E-state index in [1.807, 2.05) is 13.8 Å². The van der Waals surface area contributed by atoms with Gasteiger partial charge in [-0.2, -0.15) is 0 Å². The van der Waals surface area contributed by atoms with Gasteiger partial charge in [0.1, 0.15) is 53.4 Å². The number of aryl methyl sites for hydroxylation is 2. The minimum absolute atomic E-state index is 0.0708. The fourth-order valence-electron chi connectivity index (χ4n) is 3.14. The number of aromatic hydroxyl groups is 2. The van der Waals surface area contributed by atoms with E-state index >= 15 is 0 Å². The van der Waals surface area contributed by atoms with Crippen molar-refractivity contribution in [3.8, 4) is 23.0 Å². The highest BCUT2D eigenvalue weighted by Gasteiger charge is 2.20. The third-order valence-electron chi connectivity index (χ3n) is 4.77. The van der Waals surface area contributed by atoms with Gasteiger partial charge in [0, 0.05) is 0 Å². The highest BCUT2D eigenvalue weighted by atomic mass is 16.5. The first-order valence-corrected chi connectivity index (χ1v) is 9.86. The first-order valence-electron chi connectivity index (χ1n) is 9.86. The number of hydrogen-bond donors (Lipinski definition) is 3. The lowest BCUT2D eigenvalue weighted by molar-refractivity contribution is 0.0612. The maximum Gasteiger partial charge on any atom is 0.167 e. The Hall–Kier alpha value is -3.06. The Morgan fingerprint density at radius 2 is 1.17 bits per heavy atom. The molecule has 0 unspecified atom stereocenters. The Kier molecular flexibility index (Phi) is 7.83. The third kappa shape index (κ3) is 5.10. The summed E-state index contributed by atoms with van der Waals surface area (Å²) >= 11 is 0. The summed E-state index contributed by atoms with van der Waals surface area (Å²) in [7, 11) is 0. The minimum Gasteiger partial charge on any atom is -0.507 e. The second-order valence-electron chi connectivity index (χ2n) is 6.99. The molecule has 2 rings (SSSR count). The van der Waals surface area contributed by atoms with Gasteiger partial charge in [-0.3, -0.25) is 9.59 Å². The van der Waals surface area contributed by atoms with Gasteiger partial charge in [-0.1, -0.05) is 26.0 Å². The average molecular weight is 416 g/mol. The molecule has 0 bridgehead atoms. The number of rotatable bonds is 10. The van der Waals surface area contributed by atoms with Gasteiger partial charge in [0.2, 0.25) is 0 Å². The Morgan fingerprint density at radius 3 is 1.47 bits per heavy atom. The molecule has 0 aliphatic rings. The molecular weight excluding hydrogens is 388 g/mol. The number of Topliss-reactive ketones (excluding diaryl/α,β-unsaturated/α-hetero) is 2. The summed E-state index contributed by atoms with van der Waals surface area (Å²) in [4.78, 5) is 23.8. The fraction of sp³-hybridized carbons (Fsp3) is 0.391. The average Bonchev–Trinajstić information content (AvgIpc) is 2.70. The molecule has 7 heteroatoms. The zero-order chi connectivity index (χ0) is 22.4. The Labute approximate surface area is 175 Å². The maximum absolute atomic E-state index is 11.9. The predicted octanol–water partition coefficient (Wildman–Crippen LogP) is 3.45. The first kappa shape index (κ1) is 23.2. The number of ketones is 2. The van der Waals surface area contributed by atoms with E-state index < -0.39 is 6.10 Å². The molecule has 30 heavy (non-hydrogen) atoms. The summed E-state index contributed by atoms with van der Waals surface area (Å²) in [6, 6.07) is 6.49. The van der Waals surface area contributed by atoms with Crippen LogP contribution in [-0.4, -0.2) is 46.2 Å². The van der Waals surface area contributed by atoms with Gasteiger partial charge >= 0.3 is 0 Å². The number of carbonyl (C=O) groups excluding carboxylic acids is 2. The van der Waals surface area contributed by atoms with Crippen LogP contribution in [0.5, 0.6) is 23.0 Å². The van der Waals surface area contributed by atoms with Crippen molar-refractivity contribution in [1.29, 1.82) is 0 Å². The Bertz CT molecular complexity index is 858. The smallest absolute Gasteiger partial charge is 0.167 e. The van der Waals surface area contributed by atoms with Crippen molar-refractivity contribution in [3.63, 3.8) is 0 Å². The van der Waals surface area contributed by atoms with Gasteiger partial charge in [0.05, 0.1) is 0 Å². The van der Waals surface area contributed by atoms with Crippen LogP contribution < -0.4 is 9.47 Å². The van der Waals surface area contributed by atoms with Gasteiger partial charge in [-0.25, -0.2) is 0 Å². The molecule has 0 fully saturated rings. The molecule has 2 aromatic carbocycles. The zero-order valence-corrected chi connectivity index (χ0v) is 17.7. The van der Waals surface area contributed by atoms with Crippen LogP contribution in [0.15, 0.2) is 24.3 Å². The number of phenols is 2. The second-order valence-corrected chi connectivity index (χ2v) is 6.99. The summed E-state index contributed by atoms with van der Waals surface area (Å²) in [6.07, 6.45) is 0.0429. The molecule has 0 saturated heterocycles. The highest BCUT2D eigenvalue weighted by Crippen LogP contribution is 2.33. The number of ether oxygens (including phenoxy) is 2. The lowest BCUT2D eigenvalue weighted by Gasteiger charge is -2.18. The Morgan fingerprint density at radius 1 is 0.800 bits per heavy atom. The van der Waals surface area contributed by atoms with Crippen LogP contribution in [-0.2, 0) is 12.8 Å². The molecule has 0 saturated carbocycles. The number of benzene rings is 2. The van der Waals surface area contributed by atoms with Crippen molar-refractivity contribution >= 4 is 11.6 Å². The molecule has 7 nitrogen and oxygen atoms in total. The first-order chi connectivity index (χ1) is 14.2. The summed E-state index contributed by atoms with van der Waals surface area (Å²) in [5, 5.41) is 30.8. The minimum atomic E-state index is -1.08. The molecule has 0 radical (unpaired) electrons. The Balaban J connectivity index is 2.09. The van der Waals surface area contributed by atoms with Crippen molar-refractivity contribution in [2.75, 3.05) is 13.2 Å². The van der Waals surface area contributed by atoms with E-state index in [9.17, 15) is 24.9 Å². The third-order valence-corrected chi connectivity index (χ3v) is 4.77. The predicted molar refractivity (Wildman–Crippen MR) is 112 cm³/mol. The lowest BCUT2D eigenvalue weighted by atomic mass is 10.0. The van der Waals surface area contributed by atoms with Gasteiger partial charge in [0.25, 0.3) is 0 Å². The molecule has 0 aliphatic carbocycles. The highest BCUT2D eigenvalue weighted by molar-refractivity contribution is 6.00. The lowest BCUT2D eigenvalue weighted by Crippen LogP contribution is -2.26. The second kappa shape index (κ2) is 10.1. The molecule has 0 heterocycles. The molecule has 0 amide bonds. The molecule has 0 aliphatic heterocycles. The number of hydrogen-bond acceptors (Lipinski definition) is 7. The quantitative estimate of drug-likeness (QED) is 0.508. The van der Waals surface area contributed by atoms with Gasteiger partial charge in [0.15, 0.2) is 11.6 Å². The van der Waals surface area contributed by atoms with E-state index in [0.717, 1.165) is 0 Å². The largest absolute Gasteiger partial charge is 0.507 e. The molecule has 3 N–H and O–H groups in total. The maximum atomic E-state index is 11.9. The summed E-state index contributed by atoms with van der Waals surface area (Å²) < 4.78 is 11.1. The summed E-state index contributed by atoms with van der Waals surface area (Å²) in [6.45, 7) is 5.99. The topological polar surface area (TPSA) is 113 Å². The van der Waals surface area contributed by atoms with E-state index in [1.54, 1.807) is 24.3 Å². The van der Waals surface area contributed by atoms with Crippen LogP contribution in [0.4, 0.5) is 0 Å². The van der Waals surface area contributed by atoms with Gasteiger partial charge in [-0.15, -0.1) is 0 Å². The van der Waals surface area contributed by atoms with Crippen LogP contribution in [0, 0.1) is 0 Å². The molecule has 0 spiro atoms. The summed E-state index contributed by atoms with van der Waals surface area (Å²) in [5.74, 6) is -0.588. The molecule has 0 aromatic heterocycles. The van der Waals surface area contributed by atoms with Gasteiger partial charge < -0.3 is 24.8 Å². The zero-order valence-electron chi connectivity index (χ0n) is 17.7. The van der Waals surface area contributed by atoms with Gasteiger partial charge in [-0.05, 0) is 49.9 Å². The van der Waals surface area contributed by atoms with E-state index in [1.165, 1.54) is 13.8 Å². The normalized spacial score (nSPS) is 10.9. The van der Waals surface area contributed by atoms with Crippen molar-refractivity contribution in [2.45, 2.75) is 46.6 Å². The van der Waals surface area contributed by atoms with E-state index in [-0.39, 0.29) is 58.9 Å². The van der Waals surface area contributed by atoms with E-state index in [2.05, 4.69) is 0 Å². The molecule has 2 aromatic rings. The standard InChI is InChI=1S/C23H28O7/c1-5-15-7-9-18(20(13(3)24)22(15)27)29-11-17(26)12-30-19-10-8-16(6-2)23(28)21(19)14(4)25/h7-10,17,26-28H,5-6,11-12H2,1-4H3. The number of aliphatic hydroxyl groups is 1. The summed E-state index contributed by atoms with van der Waals surface area (Å²) in [5.41, 5.74) is 1.40. The van der Waals surface area contributed by atoms with Crippen LogP contribution in [0.25, 0.3) is 0 Å². The van der Waals surface area contributed by atoms with Crippen LogP contribution in [0.1, 0.15) is 59.5 Å². The van der Waals surface area contributed by atoms with Crippen molar-refractivity contribution in [1.82, 2.24) is 0 Å². The monoisotopic (exact) mass is 416 g/mol. The number of aliphatic hydroxyl groups excluding tert-OH is 1. The van der Waals surface area contributed by atoms with Crippen LogP contribution in [0.2, 0.25) is 0 Å². The van der Waals surface area contributed by atoms with Crippen molar-refractivity contribution < 1.29 is 34.4 Å². The van der Waals surface area contributed by atoms with Crippen LogP contribution >= 0.6 is 0 Å². The van der Waals surface area contributed by atoms with Crippen molar-refractivity contribution in [3.05, 3.63) is 46.5 Å². The molecular formula is C23H28O7. The number of phenolic OH excluding ortho intramolecular Hbond substituents is 2. The molecule has 0 atom stereocenters. The SMILES string of the molecule is CCc1ccc(OCC(O)COc2ccc(CC)c(O)c2C(C)=O)c(C(C)=O)c1O. The van der Waals surface area contributed by atoms with Crippen LogP contribution in [0.3, 0.4) is 0 Å². The number of carbonyl (C=O) groups is 2.